The van der Waals surface area contributed by atoms with Gasteiger partial charge in [0.05, 0.1) is 19.7 Å². The number of nitrogens with one attached hydrogen (secondary N) is 4. The zero-order valence-electron chi connectivity index (χ0n) is 17.3. The number of aliphatic carboxylic acids is 1. The predicted octanol–water partition coefficient (Wildman–Crippen LogP) is -0.226. The zero-order valence-corrected chi connectivity index (χ0v) is 17.3. The molecule has 0 saturated carbocycles. The van der Waals surface area contributed by atoms with Crippen molar-refractivity contribution in [2.45, 2.75) is 44.8 Å². The maximum absolute atomic E-state index is 12.6. The van der Waals surface area contributed by atoms with Crippen LogP contribution in [-0.2, 0) is 30.5 Å². The van der Waals surface area contributed by atoms with Crippen LogP contribution in [-0.4, -0.2) is 60.0 Å². The van der Waals surface area contributed by atoms with E-state index in [0.29, 0.717) is 12.0 Å². The average molecular weight is 434 g/mol. The Balaban J connectivity index is 2.86. The molecular formula is C20H26N4O7. The Morgan fingerprint density at radius 3 is 2.23 bits per heavy atom. The van der Waals surface area contributed by atoms with Crippen molar-refractivity contribution in [2.75, 3.05) is 7.11 Å². The van der Waals surface area contributed by atoms with E-state index < -0.39 is 48.0 Å². The third-order valence-corrected chi connectivity index (χ3v) is 4.17. The molecule has 0 aromatic heterocycles. The molecule has 1 rings (SSSR count). The SMILES string of the molecule is COc1ccc(CNC(=O)[C@H](CCC(=O)C=N)NC(=O)[C@H](CC(=O)O)NC(C)=O)cc1. The number of Topliss-reactive ketones (excluding diaryl/α,β-unsaturated/α-hetero) is 1. The van der Waals surface area contributed by atoms with Crippen molar-refractivity contribution < 1.29 is 33.8 Å². The number of carboxylic acid groups (broad SMARTS) is 1. The van der Waals surface area contributed by atoms with Gasteiger partial charge in [-0.2, -0.15) is 0 Å². The fraction of sp³-hybridized carbons (Fsp3) is 0.400. The van der Waals surface area contributed by atoms with Crippen LogP contribution in [0.2, 0.25) is 0 Å². The van der Waals surface area contributed by atoms with Crippen molar-refractivity contribution in [1.29, 1.82) is 5.41 Å². The molecule has 0 heterocycles. The minimum atomic E-state index is -1.38. The first-order valence-electron chi connectivity index (χ1n) is 9.39. The van der Waals surface area contributed by atoms with Crippen LogP contribution in [0.3, 0.4) is 0 Å². The highest BCUT2D eigenvalue weighted by Crippen LogP contribution is 2.11. The van der Waals surface area contributed by atoms with Gasteiger partial charge < -0.3 is 31.2 Å². The van der Waals surface area contributed by atoms with Crippen molar-refractivity contribution in [3.8, 4) is 5.75 Å². The van der Waals surface area contributed by atoms with E-state index in [-0.39, 0.29) is 19.4 Å². The van der Waals surface area contributed by atoms with Gasteiger partial charge in [0, 0.05) is 19.9 Å². The van der Waals surface area contributed by atoms with E-state index in [1.807, 2.05) is 0 Å². The van der Waals surface area contributed by atoms with Crippen molar-refractivity contribution in [1.82, 2.24) is 16.0 Å². The lowest BCUT2D eigenvalue weighted by atomic mass is 10.1. The van der Waals surface area contributed by atoms with Crippen LogP contribution in [0.25, 0.3) is 0 Å². The van der Waals surface area contributed by atoms with Crippen LogP contribution in [0, 0.1) is 5.41 Å². The molecule has 11 heteroatoms. The number of methoxy groups -OCH3 is 1. The van der Waals surface area contributed by atoms with Gasteiger partial charge in [0.25, 0.3) is 0 Å². The normalized spacial score (nSPS) is 12.1. The molecule has 0 aliphatic heterocycles. The fourth-order valence-electron chi connectivity index (χ4n) is 2.58. The highest BCUT2D eigenvalue weighted by atomic mass is 16.5. The van der Waals surface area contributed by atoms with Crippen molar-refractivity contribution in [2.24, 2.45) is 0 Å². The van der Waals surface area contributed by atoms with Crippen molar-refractivity contribution >= 4 is 35.7 Å². The number of benzene rings is 1. The molecule has 0 unspecified atom stereocenters. The number of carbonyl (C=O) groups is 5. The number of amides is 3. The Morgan fingerprint density at radius 1 is 1.06 bits per heavy atom. The molecule has 1 aromatic rings. The van der Waals surface area contributed by atoms with Gasteiger partial charge in [-0.05, 0) is 24.1 Å². The number of rotatable bonds is 13. The van der Waals surface area contributed by atoms with Gasteiger partial charge in [0.1, 0.15) is 17.8 Å². The number of hydrogen-bond acceptors (Lipinski definition) is 7. The molecule has 3 amide bonds. The largest absolute Gasteiger partial charge is 0.497 e. The average Bonchev–Trinajstić information content (AvgIpc) is 2.73. The lowest BCUT2D eigenvalue weighted by Gasteiger charge is -2.22. The highest BCUT2D eigenvalue weighted by molar-refractivity contribution is 6.26. The lowest BCUT2D eigenvalue weighted by molar-refractivity contribution is -0.140. The highest BCUT2D eigenvalue weighted by Gasteiger charge is 2.28. The first kappa shape index (κ1) is 25.3. The minimum absolute atomic E-state index is 0.103. The Hall–Kier alpha value is -3.76. The molecule has 1 aromatic carbocycles. The number of carbonyl (C=O) groups excluding carboxylic acids is 4. The van der Waals surface area contributed by atoms with Gasteiger partial charge in [-0.1, -0.05) is 12.1 Å². The topological polar surface area (TPSA) is 175 Å². The van der Waals surface area contributed by atoms with Gasteiger partial charge in [0.15, 0.2) is 5.78 Å². The summed E-state index contributed by atoms with van der Waals surface area (Å²) in [5.74, 6) is -3.28. The summed E-state index contributed by atoms with van der Waals surface area (Å²) in [5.41, 5.74) is 0.761. The Labute approximate surface area is 179 Å². The Bertz CT molecular complexity index is 807. The summed E-state index contributed by atoms with van der Waals surface area (Å²) in [4.78, 5) is 58.8. The van der Waals surface area contributed by atoms with Crippen LogP contribution in [0.15, 0.2) is 24.3 Å². The predicted molar refractivity (Wildman–Crippen MR) is 110 cm³/mol. The quantitative estimate of drug-likeness (QED) is 0.267. The van der Waals surface area contributed by atoms with Gasteiger partial charge >= 0.3 is 5.97 Å². The lowest BCUT2D eigenvalue weighted by Crippen LogP contribution is -2.54. The molecular weight excluding hydrogens is 408 g/mol. The molecule has 0 bridgehead atoms. The second-order valence-corrected chi connectivity index (χ2v) is 6.63. The molecule has 0 fully saturated rings. The summed E-state index contributed by atoms with van der Waals surface area (Å²) in [6.45, 7) is 1.27. The molecule has 0 radical (unpaired) electrons. The molecule has 5 N–H and O–H groups in total. The molecule has 168 valence electrons. The monoisotopic (exact) mass is 434 g/mol. The Morgan fingerprint density at radius 2 is 1.71 bits per heavy atom. The Kier molecular flexibility index (Phi) is 10.4. The van der Waals surface area contributed by atoms with E-state index >= 15 is 0 Å². The first-order chi connectivity index (χ1) is 14.7. The van der Waals surface area contributed by atoms with Crippen molar-refractivity contribution in [3.63, 3.8) is 0 Å². The van der Waals surface area contributed by atoms with Gasteiger partial charge in [-0.15, -0.1) is 0 Å². The number of carboxylic acids is 1. The number of ether oxygens (including phenoxy) is 1. The summed E-state index contributed by atoms with van der Waals surface area (Å²) < 4.78 is 5.06. The van der Waals surface area contributed by atoms with E-state index in [9.17, 15) is 24.0 Å². The maximum Gasteiger partial charge on any atom is 0.305 e. The van der Waals surface area contributed by atoms with Gasteiger partial charge in [-0.25, -0.2) is 0 Å². The van der Waals surface area contributed by atoms with E-state index in [1.165, 1.54) is 7.11 Å². The third kappa shape index (κ3) is 9.52. The van der Waals surface area contributed by atoms with Crippen LogP contribution < -0.4 is 20.7 Å². The third-order valence-electron chi connectivity index (χ3n) is 4.17. The fourth-order valence-corrected chi connectivity index (χ4v) is 2.58. The second-order valence-electron chi connectivity index (χ2n) is 6.63. The van der Waals surface area contributed by atoms with Gasteiger partial charge in [-0.3, -0.25) is 24.0 Å². The standard InChI is InChI=1S/C20H26N4O7/c1-12(25)23-17(9-18(27)28)20(30)24-16(8-5-14(26)10-21)19(29)22-11-13-3-6-15(31-2)7-4-13/h3-4,6-7,10,16-17,21H,5,8-9,11H2,1-2H3,(H,22,29)(H,23,25)(H,24,30)(H,27,28)/t16-,17-/m0/s1. The molecule has 2 atom stereocenters. The molecule has 11 nitrogen and oxygen atoms in total. The molecule has 0 aliphatic rings. The van der Waals surface area contributed by atoms with Gasteiger partial charge in [0.2, 0.25) is 17.7 Å². The number of hydrogen-bond donors (Lipinski definition) is 5. The second kappa shape index (κ2) is 12.7. The molecule has 0 saturated heterocycles. The zero-order chi connectivity index (χ0) is 23.4. The smallest absolute Gasteiger partial charge is 0.305 e. The summed E-state index contributed by atoms with van der Waals surface area (Å²) >= 11 is 0. The van der Waals surface area contributed by atoms with Crippen molar-refractivity contribution in [3.05, 3.63) is 29.8 Å². The van der Waals surface area contributed by atoms with E-state index in [4.69, 9.17) is 15.3 Å². The van der Waals surface area contributed by atoms with Crippen LogP contribution in [0.4, 0.5) is 0 Å². The minimum Gasteiger partial charge on any atom is -0.497 e. The molecule has 31 heavy (non-hydrogen) atoms. The summed E-state index contributed by atoms with van der Waals surface area (Å²) in [6, 6.07) is 4.36. The van der Waals surface area contributed by atoms with E-state index in [2.05, 4.69) is 16.0 Å². The number of ketones is 1. The van der Waals surface area contributed by atoms with Crippen LogP contribution in [0.5, 0.6) is 5.75 Å². The van der Waals surface area contributed by atoms with E-state index in [1.54, 1.807) is 24.3 Å². The van der Waals surface area contributed by atoms with E-state index in [0.717, 1.165) is 12.5 Å². The maximum atomic E-state index is 12.6. The molecule has 0 aliphatic carbocycles. The summed E-state index contributed by atoms with van der Waals surface area (Å²) in [6.07, 6.45) is -0.341. The summed E-state index contributed by atoms with van der Waals surface area (Å²) in [5, 5.41) is 23.2. The molecule has 0 spiro atoms. The summed E-state index contributed by atoms with van der Waals surface area (Å²) in [7, 11) is 1.53. The van der Waals surface area contributed by atoms with Crippen LogP contribution >= 0.6 is 0 Å². The first-order valence-corrected chi connectivity index (χ1v) is 9.39. The van der Waals surface area contributed by atoms with Crippen LogP contribution in [0.1, 0.15) is 31.7 Å².